The van der Waals surface area contributed by atoms with Crippen molar-refractivity contribution in [3.8, 4) is 0 Å². The Morgan fingerprint density at radius 1 is 1.29 bits per heavy atom. The van der Waals surface area contributed by atoms with Crippen molar-refractivity contribution >= 4 is 17.2 Å². The van der Waals surface area contributed by atoms with Crippen LogP contribution in [0.4, 0.5) is 0 Å². The van der Waals surface area contributed by atoms with Gasteiger partial charge in [0.1, 0.15) is 0 Å². The zero-order valence-electron chi connectivity index (χ0n) is 9.13. The number of hydrogen-bond donors (Lipinski definition) is 0. The lowest BCUT2D eigenvalue weighted by Crippen LogP contribution is -2.32. The number of para-hydroxylation sites is 1. The standard InChI is InChI=1S/C13H11NO3/c15-6-9-5-14(10-7-17-8-10)12-4-2-1-3-11(12)13(9)16/h1-6,10H,7-8H2. The monoisotopic (exact) mass is 229 g/mol. The molecule has 0 aliphatic carbocycles. The molecule has 0 bridgehead atoms. The molecule has 1 aliphatic heterocycles. The van der Waals surface area contributed by atoms with Gasteiger partial charge in [-0.05, 0) is 12.1 Å². The van der Waals surface area contributed by atoms with Gasteiger partial charge in [-0.1, -0.05) is 12.1 Å². The molecule has 1 fully saturated rings. The molecule has 1 aromatic carbocycles. The van der Waals surface area contributed by atoms with Crippen molar-refractivity contribution in [1.29, 1.82) is 0 Å². The molecule has 0 unspecified atom stereocenters. The second kappa shape index (κ2) is 3.82. The summed E-state index contributed by atoms with van der Waals surface area (Å²) in [7, 11) is 0. The first-order valence-corrected chi connectivity index (χ1v) is 5.48. The van der Waals surface area contributed by atoms with E-state index >= 15 is 0 Å². The first-order valence-electron chi connectivity index (χ1n) is 5.48. The summed E-state index contributed by atoms with van der Waals surface area (Å²) in [5, 5.41) is 0.587. The van der Waals surface area contributed by atoms with Crippen molar-refractivity contribution in [2.75, 3.05) is 13.2 Å². The molecule has 4 heteroatoms. The third kappa shape index (κ3) is 1.49. The molecule has 1 aliphatic rings. The smallest absolute Gasteiger partial charge is 0.199 e. The van der Waals surface area contributed by atoms with Gasteiger partial charge in [0.25, 0.3) is 0 Å². The van der Waals surface area contributed by atoms with Crippen molar-refractivity contribution in [1.82, 2.24) is 4.57 Å². The predicted molar refractivity (Wildman–Crippen MR) is 63.5 cm³/mol. The van der Waals surface area contributed by atoms with E-state index in [1.165, 1.54) is 0 Å². The zero-order chi connectivity index (χ0) is 11.8. The van der Waals surface area contributed by atoms with Crippen molar-refractivity contribution in [3.05, 3.63) is 46.2 Å². The fraction of sp³-hybridized carbons (Fsp3) is 0.231. The van der Waals surface area contributed by atoms with Crippen LogP contribution in [0.15, 0.2) is 35.3 Å². The van der Waals surface area contributed by atoms with E-state index in [9.17, 15) is 9.59 Å². The fourth-order valence-corrected chi connectivity index (χ4v) is 2.09. The summed E-state index contributed by atoms with van der Waals surface area (Å²) in [4.78, 5) is 22.9. The molecule has 1 aromatic heterocycles. The zero-order valence-corrected chi connectivity index (χ0v) is 9.13. The SMILES string of the molecule is O=Cc1cn(C2COC2)c2ccccc2c1=O. The lowest BCUT2D eigenvalue weighted by Gasteiger charge is -2.30. The Bertz CT molecular complexity index is 641. The minimum absolute atomic E-state index is 0.202. The number of pyridine rings is 1. The van der Waals surface area contributed by atoms with E-state index in [4.69, 9.17) is 4.74 Å². The number of benzene rings is 1. The van der Waals surface area contributed by atoms with E-state index in [-0.39, 0.29) is 17.0 Å². The molecule has 3 rings (SSSR count). The maximum absolute atomic E-state index is 12.0. The van der Waals surface area contributed by atoms with Crippen molar-refractivity contribution < 1.29 is 9.53 Å². The van der Waals surface area contributed by atoms with E-state index in [1.54, 1.807) is 18.3 Å². The summed E-state index contributed by atoms with van der Waals surface area (Å²) in [6.45, 7) is 1.26. The highest BCUT2D eigenvalue weighted by molar-refractivity contribution is 5.86. The van der Waals surface area contributed by atoms with Gasteiger partial charge in [0, 0.05) is 11.6 Å². The Morgan fingerprint density at radius 3 is 2.71 bits per heavy atom. The lowest BCUT2D eigenvalue weighted by molar-refractivity contribution is -0.0216. The molecule has 2 aromatic rings. The fourth-order valence-electron chi connectivity index (χ4n) is 2.09. The van der Waals surface area contributed by atoms with Crippen LogP contribution in [-0.2, 0) is 4.74 Å². The molecule has 2 heterocycles. The minimum atomic E-state index is -0.202. The Balaban J connectivity index is 2.36. The molecule has 0 N–H and O–H groups in total. The van der Waals surface area contributed by atoms with Gasteiger partial charge in [-0.15, -0.1) is 0 Å². The van der Waals surface area contributed by atoms with Crippen LogP contribution in [0, 0.1) is 0 Å². The predicted octanol–water partition coefficient (Wildman–Crippen LogP) is 1.39. The summed E-state index contributed by atoms with van der Waals surface area (Å²) in [5.41, 5.74) is 0.860. The van der Waals surface area contributed by atoms with Gasteiger partial charge < -0.3 is 9.30 Å². The number of rotatable bonds is 2. The second-order valence-corrected chi connectivity index (χ2v) is 4.15. The number of hydrogen-bond acceptors (Lipinski definition) is 3. The summed E-state index contributed by atoms with van der Waals surface area (Å²) in [6, 6.07) is 7.56. The highest BCUT2D eigenvalue weighted by atomic mass is 16.5. The van der Waals surface area contributed by atoms with E-state index in [2.05, 4.69) is 0 Å². The number of carbonyl (C=O) groups excluding carboxylic acids is 1. The molecule has 4 nitrogen and oxygen atoms in total. The highest BCUT2D eigenvalue weighted by Crippen LogP contribution is 2.22. The summed E-state index contributed by atoms with van der Waals surface area (Å²) >= 11 is 0. The van der Waals surface area contributed by atoms with Crippen LogP contribution in [0.5, 0.6) is 0 Å². The third-order valence-electron chi connectivity index (χ3n) is 3.11. The molecule has 17 heavy (non-hydrogen) atoms. The van der Waals surface area contributed by atoms with Crippen LogP contribution in [0.25, 0.3) is 10.9 Å². The van der Waals surface area contributed by atoms with E-state index in [0.717, 1.165) is 5.52 Å². The maximum Gasteiger partial charge on any atom is 0.199 e. The molecule has 0 atom stereocenters. The van der Waals surface area contributed by atoms with Gasteiger partial charge in [0.15, 0.2) is 11.7 Å². The molecule has 1 saturated heterocycles. The Kier molecular flexibility index (Phi) is 2.30. The third-order valence-corrected chi connectivity index (χ3v) is 3.11. The Hall–Kier alpha value is -1.94. The number of ether oxygens (including phenoxy) is 1. The maximum atomic E-state index is 12.0. The molecular formula is C13H11NO3. The average molecular weight is 229 g/mol. The van der Waals surface area contributed by atoms with Gasteiger partial charge >= 0.3 is 0 Å². The summed E-state index contributed by atoms with van der Waals surface area (Å²) in [6.07, 6.45) is 2.25. The van der Waals surface area contributed by atoms with Gasteiger partial charge in [-0.2, -0.15) is 0 Å². The van der Waals surface area contributed by atoms with Gasteiger partial charge in [-0.3, -0.25) is 9.59 Å². The first-order chi connectivity index (χ1) is 8.31. The summed E-state index contributed by atoms with van der Waals surface area (Å²) in [5.74, 6) is 0. The van der Waals surface area contributed by atoms with Gasteiger partial charge in [0.2, 0.25) is 0 Å². The Labute approximate surface area is 97.4 Å². The quantitative estimate of drug-likeness (QED) is 0.731. The van der Waals surface area contributed by atoms with Gasteiger partial charge in [-0.25, -0.2) is 0 Å². The van der Waals surface area contributed by atoms with E-state index in [0.29, 0.717) is 24.9 Å². The van der Waals surface area contributed by atoms with Gasteiger partial charge in [0.05, 0.1) is 30.3 Å². The lowest BCUT2D eigenvalue weighted by atomic mass is 10.1. The topological polar surface area (TPSA) is 48.3 Å². The first kappa shape index (κ1) is 10.2. The largest absolute Gasteiger partial charge is 0.377 e. The molecule has 0 radical (unpaired) electrons. The summed E-state index contributed by atoms with van der Waals surface area (Å²) < 4.78 is 7.12. The molecule has 0 amide bonds. The van der Waals surface area contributed by atoms with E-state index < -0.39 is 0 Å². The average Bonchev–Trinajstić information content (AvgIpc) is 2.30. The second-order valence-electron chi connectivity index (χ2n) is 4.15. The van der Waals surface area contributed by atoms with E-state index in [1.807, 2.05) is 16.7 Å². The van der Waals surface area contributed by atoms with Crippen molar-refractivity contribution in [2.45, 2.75) is 6.04 Å². The number of aromatic nitrogens is 1. The van der Waals surface area contributed by atoms with Crippen molar-refractivity contribution in [3.63, 3.8) is 0 Å². The number of nitrogens with zero attached hydrogens (tertiary/aromatic N) is 1. The van der Waals surface area contributed by atoms with Crippen molar-refractivity contribution in [2.24, 2.45) is 0 Å². The highest BCUT2D eigenvalue weighted by Gasteiger charge is 2.22. The van der Waals surface area contributed by atoms with Crippen LogP contribution in [0.2, 0.25) is 0 Å². The van der Waals surface area contributed by atoms with Crippen LogP contribution in [0.1, 0.15) is 16.4 Å². The molecule has 0 saturated carbocycles. The van der Waals surface area contributed by atoms with Crippen LogP contribution in [-0.4, -0.2) is 24.1 Å². The van der Waals surface area contributed by atoms with Crippen LogP contribution >= 0.6 is 0 Å². The van der Waals surface area contributed by atoms with Crippen LogP contribution < -0.4 is 5.43 Å². The van der Waals surface area contributed by atoms with Crippen LogP contribution in [0.3, 0.4) is 0 Å². The molecular weight excluding hydrogens is 218 g/mol. The number of aldehydes is 1. The number of fused-ring (bicyclic) bond motifs is 1. The normalized spacial score (nSPS) is 15.8. The Morgan fingerprint density at radius 2 is 2.06 bits per heavy atom. The molecule has 86 valence electrons. The molecule has 0 spiro atoms. The number of carbonyl (C=O) groups is 1. The minimum Gasteiger partial charge on any atom is -0.377 e.